The molecule has 110 valence electrons. The molecular formula is C18H22N2O. The van der Waals surface area contributed by atoms with Crippen molar-refractivity contribution in [1.29, 1.82) is 0 Å². The second kappa shape index (κ2) is 8.22. The maximum Gasteiger partial charge on any atom is 0.221 e. The average molecular weight is 282 g/mol. The normalized spacial score (nSPS) is 11.9. The van der Waals surface area contributed by atoms with Crippen LogP contribution in [0.2, 0.25) is 0 Å². The van der Waals surface area contributed by atoms with Gasteiger partial charge >= 0.3 is 0 Å². The van der Waals surface area contributed by atoms with Crippen LogP contribution in [0.1, 0.15) is 23.6 Å². The van der Waals surface area contributed by atoms with Crippen LogP contribution in [-0.4, -0.2) is 19.5 Å². The standard InChI is InChI=1S/C18H22N2O/c1-19-13-12-18(21)20-17(16-10-6-3-7-11-16)14-15-8-4-2-5-9-15/h2-11,17,19H,12-14H2,1H3,(H,20,21). The molecular weight excluding hydrogens is 260 g/mol. The van der Waals surface area contributed by atoms with Gasteiger partial charge in [-0.15, -0.1) is 0 Å². The fraction of sp³-hybridized carbons (Fsp3) is 0.278. The first-order valence-electron chi connectivity index (χ1n) is 7.32. The summed E-state index contributed by atoms with van der Waals surface area (Å²) in [5.74, 6) is 0.0779. The molecule has 0 aliphatic rings. The summed E-state index contributed by atoms with van der Waals surface area (Å²) in [6.45, 7) is 0.693. The highest BCUT2D eigenvalue weighted by molar-refractivity contribution is 5.76. The lowest BCUT2D eigenvalue weighted by Gasteiger charge is -2.19. The molecule has 2 aromatic rings. The summed E-state index contributed by atoms with van der Waals surface area (Å²) in [5.41, 5.74) is 2.36. The SMILES string of the molecule is CNCCC(=O)NC(Cc1ccccc1)c1ccccc1. The highest BCUT2D eigenvalue weighted by Crippen LogP contribution is 2.18. The van der Waals surface area contributed by atoms with Crippen molar-refractivity contribution in [2.75, 3.05) is 13.6 Å². The van der Waals surface area contributed by atoms with Crippen LogP contribution in [-0.2, 0) is 11.2 Å². The molecule has 1 amide bonds. The maximum atomic E-state index is 12.0. The van der Waals surface area contributed by atoms with Crippen molar-refractivity contribution in [2.45, 2.75) is 18.9 Å². The van der Waals surface area contributed by atoms with Crippen LogP contribution in [0, 0.1) is 0 Å². The fourth-order valence-corrected chi connectivity index (χ4v) is 2.29. The predicted molar refractivity (Wildman–Crippen MR) is 86.0 cm³/mol. The number of carbonyl (C=O) groups is 1. The van der Waals surface area contributed by atoms with Gasteiger partial charge in [-0.05, 0) is 24.6 Å². The Morgan fingerprint density at radius 1 is 1.00 bits per heavy atom. The molecule has 2 N–H and O–H groups in total. The lowest BCUT2D eigenvalue weighted by atomic mass is 9.98. The van der Waals surface area contributed by atoms with E-state index < -0.39 is 0 Å². The summed E-state index contributed by atoms with van der Waals surface area (Å²) in [5, 5.41) is 6.14. The first-order valence-corrected chi connectivity index (χ1v) is 7.32. The van der Waals surface area contributed by atoms with Crippen LogP contribution in [0.3, 0.4) is 0 Å². The molecule has 0 fully saturated rings. The average Bonchev–Trinajstić information content (AvgIpc) is 2.54. The van der Waals surface area contributed by atoms with Gasteiger partial charge in [0.05, 0.1) is 6.04 Å². The van der Waals surface area contributed by atoms with E-state index in [9.17, 15) is 4.79 Å². The van der Waals surface area contributed by atoms with Gasteiger partial charge in [0, 0.05) is 13.0 Å². The Kier molecular flexibility index (Phi) is 5.98. The molecule has 3 nitrogen and oxygen atoms in total. The van der Waals surface area contributed by atoms with Gasteiger partial charge < -0.3 is 10.6 Å². The molecule has 0 aliphatic carbocycles. The van der Waals surface area contributed by atoms with Gasteiger partial charge in [0.15, 0.2) is 0 Å². The highest BCUT2D eigenvalue weighted by Gasteiger charge is 2.14. The number of carbonyl (C=O) groups excluding carboxylic acids is 1. The molecule has 0 heterocycles. The Morgan fingerprint density at radius 2 is 1.62 bits per heavy atom. The van der Waals surface area contributed by atoms with Crippen LogP contribution in [0.25, 0.3) is 0 Å². The van der Waals surface area contributed by atoms with Gasteiger partial charge in [-0.2, -0.15) is 0 Å². The second-order valence-electron chi connectivity index (χ2n) is 5.07. The Labute approximate surface area is 126 Å². The number of benzene rings is 2. The number of hydrogen-bond donors (Lipinski definition) is 2. The number of hydrogen-bond acceptors (Lipinski definition) is 2. The minimum atomic E-state index is 0.0120. The summed E-state index contributed by atoms with van der Waals surface area (Å²) in [4.78, 5) is 12.0. The van der Waals surface area contributed by atoms with Crippen LogP contribution in [0.15, 0.2) is 60.7 Å². The van der Waals surface area contributed by atoms with Crippen molar-refractivity contribution in [2.24, 2.45) is 0 Å². The molecule has 0 aromatic heterocycles. The van der Waals surface area contributed by atoms with E-state index in [0.29, 0.717) is 13.0 Å². The minimum absolute atomic E-state index is 0.0120. The molecule has 21 heavy (non-hydrogen) atoms. The van der Waals surface area contributed by atoms with E-state index in [1.807, 2.05) is 43.4 Å². The largest absolute Gasteiger partial charge is 0.349 e. The van der Waals surface area contributed by atoms with E-state index in [1.165, 1.54) is 5.56 Å². The van der Waals surface area contributed by atoms with Crippen molar-refractivity contribution < 1.29 is 4.79 Å². The third-order valence-corrected chi connectivity index (χ3v) is 3.42. The van der Waals surface area contributed by atoms with Crippen LogP contribution in [0.5, 0.6) is 0 Å². The Bertz CT molecular complexity index is 540. The van der Waals surface area contributed by atoms with Gasteiger partial charge in [-0.25, -0.2) is 0 Å². The van der Waals surface area contributed by atoms with Gasteiger partial charge in [-0.1, -0.05) is 60.7 Å². The van der Waals surface area contributed by atoms with Crippen LogP contribution in [0.4, 0.5) is 0 Å². The van der Waals surface area contributed by atoms with E-state index in [2.05, 4.69) is 34.9 Å². The smallest absolute Gasteiger partial charge is 0.221 e. The van der Waals surface area contributed by atoms with Crippen LogP contribution >= 0.6 is 0 Å². The zero-order chi connectivity index (χ0) is 14.9. The molecule has 0 aliphatic heterocycles. The highest BCUT2D eigenvalue weighted by atomic mass is 16.1. The fourth-order valence-electron chi connectivity index (χ4n) is 2.29. The third kappa shape index (κ3) is 5.04. The summed E-state index contributed by atoms with van der Waals surface area (Å²) in [7, 11) is 1.85. The quantitative estimate of drug-likeness (QED) is 0.820. The van der Waals surface area contributed by atoms with E-state index in [1.54, 1.807) is 0 Å². The number of amides is 1. The number of nitrogens with one attached hydrogen (secondary N) is 2. The molecule has 0 spiro atoms. The molecule has 2 rings (SSSR count). The molecule has 2 aromatic carbocycles. The Morgan fingerprint density at radius 3 is 2.24 bits per heavy atom. The topological polar surface area (TPSA) is 41.1 Å². The van der Waals surface area contributed by atoms with Crippen molar-refractivity contribution in [3.63, 3.8) is 0 Å². The molecule has 0 bridgehead atoms. The third-order valence-electron chi connectivity index (χ3n) is 3.42. The summed E-state index contributed by atoms with van der Waals surface area (Å²) in [6, 6.07) is 20.4. The number of rotatable bonds is 7. The molecule has 3 heteroatoms. The molecule has 0 saturated carbocycles. The van der Waals surface area contributed by atoms with E-state index in [0.717, 1.165) is 12.0 Å². The minimum Gasteiger partial charge on any atom is -0.349 e. The van der Waals surface area contributed by atoms with Crippen molar-refractivity contribution in [3.8, 4) is 0 Å². The van der Waals surface area contributed by atoms with E-state index in [4.69, 9.17) is 0 Å². The Hall–Kier alpha value is -2.13. The monoisotopic (exact) mass is 282 g/mol. The summed E-state index contributed by atoms with van der Waals surface area (Å²) >= 11 is 0. The van der Waals surface area contributed by atoms with Gasteiger partial charge in [0.25, 0.3) is 0 Å². The van der Waals surface area contributed by atoms with Crippen molar-refractivity contribution >= 4 is 5.91 Å². The molecule has 0 radical (unpaired) electrons. The Balaban J connectivity index is 2.09. The summed E-state index contributed by atoms with van der Waals surface area (Å²) < 4.78 is 0. The second-order valence-corrected chi connectivity index (χ2v) is 5.07. The summed E-state index contributed by atoms with van der Waals surface area (Å²) in [6.07, 6.45) is 1.30. The van der Waals surface area contributed by atoms with Gasteiger partial charge in [0.1, 0.15) is 0 Å². The molecule has 0 saturated heterocycles. The predicted octanol–water partition coefficient (Wildman–Crippen LogP) is 2.70. The zero-order valence-corrected chi connectivity index (χ0v) is 12.4. The van der Waals surface area contributed by atoms with Gasteiger partial charge in [-0.3, -0.25) is 4.79 Å². The first-order chi connectivity index (χ1) is 10.3. The first kappa shape index (κ1) is 15.3. The van der Waals surface area contributed by atoms with Crippen molar-refractivity contribution in [3.05, 3.63) is 71.8 Å². The van der Waals surface area contributed by atoms with E-state index >= 15 is 0 Å². The van der Waals surface area contributed by atoms with Crippen molar-refractivity contribution in [1.82, 2.24) is 10.6 Å². The molecule has 1 unspecified atom stereocenters. The lowest BCUT2D eigenvalue weighted by molar-refractivity contribution is -0.121. The van der Waals surface area contributed by atoms with Gasteiger partial charge in [0.2, 0.25) is 5.91 Å². The zero-order valence-electron chi connectivity index (χ0n) is 12.4. The van der Waals surface area contributed by atoms with Crippen LogP contribution < -0.4 is 10.6 Å². The lowest BCUT2D eigenvalue weighted by Crippen LogP contribution is -2.31. The molecule has 1 atom stereocenters. The van der Waals surface area contributed by atoms with E-state index in [-0.39, 0.29) is 11.9 Å². The maximum absolute atomic E-state index is 12.0.